The highest BCUT2D eigenvalue weighted by molar-refractivity contribution is 5.50. The molecule has 2 rings (SSSR count). The van der Waals surface area contributed by atoms with Crippen molar-refractivity contribution < 1.29 is 4.39 Å². The average molecular weight is 264 g/mol. The summed E-state index contributed by atoms with van der Waals surface area (Å²) < 4.78 is 14.3. The van der Waals surface area contributed by atoms with E-state index in [2.05, 4.69) is 31.0 Å². The summed E-state index contributed by atoms with van der Waals surface area (Å²) >= 11 is 0. The summed E-state index contributed by atoms with van der Waals surface area (Å²) in [5.41, 5.74) is 1.78. The van der Waals surface area contributed by atoms with Gasteiger partial charge in [-0.3, -0.25) is 0 Å². The van der Waals surface area contributed by atoms with E-state index in [1.165, 1.54) is 12.8 Å². The van der Waals surface area contributed by atoms with Crippen molar-refractivity contribution in [3.05, 3.63) is 29.6 Å². The summed E-state index contributed by atoms with van der Waals surface area (Å²) in [5, 5.41) is 3.32. The first-order chi connectivity index (χ1) is 9.13. The van der Waals surface area contributed by atoms with E-state index in [-0.39, 0.29) is 11.9 Å². The molecule has 1 aromatic rings. The number of halogens is 1. The van der Waals surface area contributed by atoms with Crippen molar-refractivity contribution in [1.82, 2.24) is 5.32 Å². The molecule has 1 aliphatic rings. The molecule has 2 unspecified atom stereocenters. The Bertz CT molecular complexity index is 419. The molecule has 0 bridgehead atoms. The number of hydrogen-bond donors (Lipinski definition) is 1. The molecule has 3 heteroatoms. The molecule has 0 saturated carbocycles. The van der Waals surface area contributed by atoms with E-state index in [4.69, 9.17) is 0 Å². The molecule has 1 saturated heterocycles. The lowest BCUT2D eigenvalue weighted by molar-refractivity contribution is 0.475. The Morgan fingerprint density at radius 1 is 1.42 bits per heavy atom. The maximum Gasteiger partial charge on any atom is 0.146 e. The fraction of sp³-hybridized carbons (Fsp3) is 0.625. The van der Waals surface area contributed by atoms with Gasteiger partial charge in [0.1, 0.15) is 5.82 Å². The minimum atomic E-state index is -0.0870. The Kier molecular flexibility index (Phi) is 4.81. The van der Waals surface area contributed by atoms with Gasteiger partial charge in [0.2, 0.25) is 0 Å². The normalized spacial score (nSPS) is 21.5. The fourth-order valence-electron chi connectivity index (χ4n) is 2.91. The zero-order chi connectivity index (χ0) is 13.8. The number of anilines is 1. The van der Waals surface area contributed by atoms with Crippen LogP contribution < -0.4 is 10.2 Å². The van der Waals surface area contributed by atoms with Crippen molar-refractivity contribution in [2.75, 3.05) is 18.0 Å². The third-order valence-corrected chi connectivity index (χ3v) is 4.09. The van der Waals surface area contributed by atoms with Gasteiger partial charge in [0.25, 0.3) is 0 Å². The van der Waals surface area contributed by atoms with Crippen LogP contribution in [-0.2, 0) is 0 Å². The van der Waals surface area contributed by atoms with E-state index in [1.54, 1.807) is 6.07 Å². The van der Waals surface area contributed by atoms with Gasteiger partial charge in [-0.25, -0.2) is 4.39 Å². The summed E-state index contributed by atoms with van der Waals surface area (Å²) in [7, 11) is 0. The Hall–Kier alpha value is -1.09. The second-order valence-electron chi connectivity index (χ2n) is 5.53. The SMILES string of the molecule is CCNC(C)c1ccc(N2CCCCC2C)c(F)c1. The van der Waals surface area contributed by atoms with Gasteiger partial charge >= 0.3 is 0 Å². The van der Waals surface area contributed by atoms with E-state index in [9.17, 15) is 4.39 Å². The first-order valence-corrected chi connectivity index (χ1v) is 7.43. The van der Waals surface area contributed by atoms with Gasteiger partial charge in [0.15, 0.2) is 0 Å². The maximum atomic E-state index is 14.3. The zero-order valence-electron chi connectivity index (χ0n) is 12.2. The Labute approximate surface area is 116 Å². The first-order valence-electron chi connectivity index (χ1n) is 7.43. The van der Waals surface area contributed by atoms with Crippen molar-refractivity contribution >= 4 is 5.69 Å². The van der Waals surface area contributed by atoms with Crippen LogP contribution >= 0.6 is 0 Å². The van der Waals surface area contributed by atoms with E-state index in [0.29, 0.717) is 6.04 Å². The van der Waals surface area contributed by atoms with Crippen molar-refractivity contribution in [2.24, 2.45) is 0 Å². The molecule has 1 aromatic carbocycles. The molecule has 0 aromatic heterocycles. The summed E-state index contributed by atoms with van der Waals surface area (Å²) in [6, 6.07) is 6.32. The van der Waals surface area contributed by atoms with Gasteiger partial charge in [0.05, 0.1) is 5.69 Å². The molecule has 2 atom stereocenters. The van der Waals surface area contributed by atoms with E-state index in [1.807, 2.05) is 12.1 Å². The van der Waals surface area contributed by atoms with Crippen molar-refractivity contribution in [1.29, 1.82) is 0 Å². The highest BCUT2D eigenvalue weighted by Gasteiger charge is 2.21. The predicted octanol–water partition coefficient (Wildman–Crippen LogP) is 3.88. The molecular weight excluding hydrogens is 239 g/mol. The van der Waals surface area contributed by atoms with Crippen LogP contribution in [0.2, 0.25) is 0 Å². The molecule has 1 aliphatic heterocycles. The largest absolute Gasteiger partial charge is 0.366 e. The molecule has 0 aliphatic carbocycles. The molecule has 0 spiro atoms. The predicted molar refractivity (Wildman–Crippen MR) is 79.2 cm³/mol. The van der Waals surface area contributed by atoms with Crippen LogP contribution in [0.5, 0.6) is 0 Å². The number of nitrogens with zero attached hydrogens (tertiary/aromatic N) is 1. The fourth-order valence-corrected chi connectivity index (χ4v) is 2.91. The average Bonchev–Trinajstić information content (AvgIpc) is 2.40. The molecule has 1 N–H and O–H groups in total. The lowest BCUT2D eigenvalue weighted by Gasteiger charge is -2.35. The Morgan fingerprint density at radius 2 is 2.21 bits per heavy atom. The van der Waals surface area contributed by atoms with Crippen molar-refractivity contribution in [2.45, 2.75) is 52.1 Å². The van der Waals surface area contributed by atoms with Crippen LogP contribution in [0.1, 0.15) is 51.6 Å². The summed E-state index contributed by atoms with van der Waals surface area (Å²) in [5.74, 6) is -0.0870. The molecule has 0 radical (unpaired) electrons. The van der Waals surface area contributed by atoms with Gasteiger partial charge in [0, 0.05) is 18.6 Å². The summed E-state index contributed by atoms with van der Waals surface area (Å²) in [6.45, 7) is 8.19. The minimum absolute atomic E-state index is 0.0870. The Morgan fingerprint density at radius 3 is 2.84 bits per heavy atom. The number of hydrogen-bond acceptors (Lipinski definition) is 2. The molecule has 1 fully saturated rings. The van der Waals surface area contributed by atoms with Crippen LogP contribution in [-0.4, -0.2) is 19.1 Å². The van der Waals surface area contributed by atoms with Crippen LogP contribution in [0.4, 0.5) is 10.1 Å². The molecule has 106 valence electrons. The van der Waals surface area contributed by atoms with E-state index >= 15 is 0 Å². The van der Waals surface area contributed by atoms with Gasteiger partial charge in [-0.1, -0.05) is 13.0 Å². The van der Waals surface area contributed by atoms with Crippen molar-refractivity contribution in [3.63, 3.8) is 0 Å². The summed E-state index contributed by atoms with van der Waals surface area (Å²) in [4.78, 5) is 2.21. The molecule has 1 heterocycles. The van der Waals surface area contributed by atoms with Crippen LogP contribution in [0.15, 0.2) is 18.2 Å². The third-order valence-electron chi connectivity index (χ3n) is 4.09. The number of benzene rings is 1. The standard InChI is InChI=1S/C16H25FN2/c1-4-18-13(3)14-8-9-16(15(17)11-14)19-10-6-5-7-12(19)2/h8-9,11-13,18H,4-7,10H2,1-3H3. The molecule has 0 amide bonds. The van der Waals surface area contributed by atoms with Crippen LogP contribution in [0.25, 0.3) is 0 Å². The lowest BCUT2D eigenvalue weighted by atomic mass is 10.0. The smallest absolute Gasteiger partial charge is 0.146 e. The number of rotatable bonds is 4. The quantitative estimate of drug-likeness (QED) is 0.888. The van der Waals surface area contributed by atoms with Gasteiger partial charge in [-0.2, -0.15) is 0 Å². The lowest BCUT2D eigenvalue weighted by Crippen LogP contribution is -2.38. The van der Waals surface area contributed by atoms with E-state index < -0.39 is 0 Å². The van der Waals surface area contributed by atoms with E-state index in [0.717, 1.165) is 30.8 Å². The molecule has 19 heavy (non-hydrogen) atoms. The second kappa shape index (κ2) is 6.38. The zero-order valence-corrected chi connectivity index (χ0v) is 12.2. The highest BCUT2D eigenvalue weighted by Crippen LogP contribution is 2.28. The monoisotopic (exact) mass is 264 g/mol. The molecule has 2 nitrogen and oxygen atoms in total. The van der Waals surface area contributed by atoms with Gasteiger partial charge in [-0.05, 0) is 57.4 Å². The van der Waals surface area contributed by atoms with Gasteiger partial charge < -0.3 is 10.2 Å². The van der Waals surface area contributed by atoms with Gasteiger partial charge in [-0.15, -0.1) is 0 Å². The second-order valence-corrected chi connectivity index (χ2v) is 5.53. The first kappa shape index (κ1) is 14.3. The number of piperidine rings is 1. The maximum absolute atomic E-state index is 14.3. The van der Waals surface area contributed by atoms with Crippen LogP contribution in [0, 0.1) is 5.82 Å². The van der Waals surface area contributed by atoms with Crippen LogP contribution in [0.3, 0.4) is 0 Å². The topological polar surface area (TPSA) is 15.3 Å². The Balaban J connectivity index is 2.18. The summed E-state index contributed by atoms with van der Waals surface area (Å²) in [6.07, 6.45) is 3.59. The molecular formula is C16H25FN2. The van der Waals surface area contributed by atoms with Crippen molar-refractivity contribution in [3.8, 4) is 0 Å². The third kappa shape index (κ3) is 3.27. The number of nitrogens with one attached hydrogen (secondary N) is 1. The minimum Gasteiger partial charge on any atom is -0.366 e. The highest BCUT2D eigenvalue weighted by atomic mass is 19.1.